The van der Waals surface area contributed by atoms with Crippen molar-refractivity contribution >= 4 is 5.91 Å². The van der Waals surface area contributed by atoms with Gasteiger partial charge in [0.2, 0.25) is 0 Å². The first-order chi connectivity index (χ1) is 13.7. The Morgan fingerprint density at radius 3 is 2.29 bits per heavy atom. The Kier molecular flexibility index (Phi) is 5.27. The molecule has 144 valence electrons. The van der Waals surface area contributed by atoms with Gasteiger partial charge in [0.25, 0.3) is 0 Å². The normalized spacial score (nSPS) is 16.8. The highest BCUT2D eigenvalue weighted by atomic mass is 16.1. The number of benzene rings is 2. The number of nitrogens with zero attached hydrogens (tertiary/aromatic N) is 5. The number of rotatable bonds is 6. The van der Waals surface area contributed by atoms with Crippen LogP contribution in [0.2, 0.25) is 0 Å². The van der Waals surface area contributed by atoms with Crippen molar-refractivity contribution in [1.29, 1.82) is 0 Å². The van der Waals surface area contributed by atoms with Gasteiger partial charge in [-0.3, -0.25) is 10.6 Å². The average Bonchev–Trinajstić information content (AvgIpc) is 3.18. The van der Waals surface area contributed by atoms with Crippen molar-refractivity contribution < 1.29 is 10.5 Å². The third kappa shape index (κ3) is 3.85. The van der Waals surface area contributed by atoms with Crippen LogP contribution in [0.3, 0.4) is 0 Å². The van der Waals surface area contributed by atoms with E-state index in [-0.39, 0.29) is 17.9 Å². The number of hydrogen-bond donors (Lipinski definition) is 1. The summed E-state index contributed by atoms with van der Waals surface area (Å²) < 4.78 is 0. The van der Waals surface area contributed by atoms with E-state index in [9.17, 15) is 4.79 Å². The van der Waals surface area contributed by atoms with E-state index in [0.717, 1.165) is 32.5 Å². The van der Waals surface area contributed by atoms with Gasteiger partial charge in [0.1, 0.15) is 0 Å². The highest BCUT2D eigenvalue weighted by Gasteiger charge is 2.41. The zero-order chi connectivity index (χ0) is 19.4. The van der Waals surface area contributed by atoms with Gasteiger partial charge >= 0.3 is 5.91 Å². The van der Waals surface area contributed by atoms with Gasteiger partial charge in [-0.2, -0.15) is 4.80 Å². The standard InChI is InChI=1S/C21H24N6O/c22-19(28)16-27-24-20(23-25-27)21(18-9-5-2-6-10-18)11-13-26(14-12-21)15-17-7-3-1-4-8-17/h1-10H,11-16H2,(H2,22,28)/p+1. The second-order valence-corrected chi connectivity index (χ2v) is 7.39. The van der Waals surface area contributed by atoms with Crippen molar-refractivity contribution in [2.45, 2.75) is 31.3 Å². The van der Waals surface area contributed by atoms with Crippen LogP contribution in [0.1, 0.15) is 29.8 Å². The van der Waals surface area contributed by atoms with Gasteiger partial charge in [-0.1, -0.05) is 60.7 Å². The fourth-order valence-electron chi connectivity index (χ4n) is 3.99. The largest absolute Gasteiger partial charge is 0.332 e. The monoisotopic (exact) mass is 377 g/mol. The van der Waals surface area contributed by atoms with Crippen LogP contribution in [0.25, 0.3) is 0 Å². The summed E-state index contributed by atoms with van der Waals surface area (Å²) in [4.78, 5) is 15.1. The van der Waals surface area contributed by atoms with Crippen molar-refractivity contribution in [1.82, 2.24) is 25.1 Å². The van der Waals surface area contributed by atoms with Gasteiger partial charge in [0.15, 0.2) is 12.4 Å². The number of piperidine rings is 1. The molecule has 1 aliphatic rings. The van der Waals surface area contributed by atoms with E-state index in [2.05, 4.69) is 74.6 Å². The predicted molar refractivity (Wildman–Crippen MR) is 104 cm³/mol. The molecule has 0 radical (unpaired) electrons. The molecule has 3 aromatic rings. The molecule has 1 aliphatic heterocycles. The minimum atomic E-state index is -0.281. The van der Waals surface area contributed by atoms with E-state index < -0.39 is 0 Å². The van der Waals surface area contributed by atoms with Crippen LogP contribution < -0.4 is 5.73 Å². The number of amides is 1. The van der Waals surface area contributed by atoms with Crippen molar-refractivity contribution in [3.05, 3.63) is 77.6 Å². The second-order valence-electron chi connectivity index (χ2n) is 7.39. The van der Waals surface area contributed by atoms with Crippen LogP contribution in [0.5, 0.6) is 0 Å². The molecule has 28 heavy (non-hydrogen) atoms. The van der Waals surface area contributed by atoms with Crippen molar-refractivity contribution in [2.75, 3.05) is 13.1 Å². The smallest absolute Gasteiger partial charge is 0.299 e. The third-order valence-corrected chi connectivity index (χ3v) is 5.48. The first kappa shape index (κ1) is 18.5. The van der Waals surface area contributed by atoms with Crippen LogP contribution >= 0.6 is 0 Å². The number of aromatic nitrogens is 4. The first-order valence-corrected chi connectivity index (χ1v) is 9.61. The van der Waals surface area contributed by atoms with E-state index in [1.54, 1.807) is 0 Å². The van der Waals surface area contributed by atoms with Crippen molar-refractivity contribution in [3.63, 3.8) is 0 Å². The summed E-state index contributed by atoms with van der Waals surface area (Å²) in [5.41, 5.74) is 5.66. The minimum absolute atomic E-state index is 0.0536. The Bertz CT molecular complexity index is 916. The molecular weight excluding hydrogens is 352 g/mol. The maximum atomic E-state index is 11.3. The van der Waals surface area contributed by atoms with E-state index in [0.29, 0.717) is 5.82 Å². The zero-order valence-corrected chi connectivity index (χ0v) is 15.9. The fraction of sp³-hybridized carbons (Fsp3) is 0.333. The lowest BCUT2D eigenvalue weighted by Gasteiger charge is -2.40. The quantitative estimate of drug-likeness (QED) is 0.693. The molecule has 0 saturated carbocycles. The lowest BCUT2D eigenvalue weighted by atomic mass is 9.72. The molecule has 0 unspecified atom stereocenters. The Morgan fingerprint density at radius 2 is 1.64 bits per heavy atom. The highest BCUT2D eigenvalue weighted by molar-refractivity contribution is 5.63. The minimum Gasteiger partial charge on any atom is -0.299 e. The molecule has 7 nitrogen and oxygen atoms in total. The van der Waals surface area contributed by atoms with Crippen LogP contribution in [0.4, 0.5) is 0 Å². The molecule has 7 heteroatoms. The van der Waals surface area contributed by atoms with E-state index in [4.69, 9.17) is 0 Å². The van der Waals surface area contributed by atoms with Crippen LogP contribution in [-0.2, 0) is 23.3 Å². The molecule has 1 saturated heterocycles. The molecule has 1 fully saturated rings. The summed E-state index contributed by atoms with van der Waals surface area (Å²) in [5, 5.41) is 13.0. The third-order valence-electron chi connectivity index (χ3n) is 5.48. The number of carbonyl (C=O) groups is 1. The summed E-state index contributed by atoms with van der Waals surface area (Å²) >= 11 is 0. The van der Waals surface area contributed by atoms with Crippen LogP contribution in [0.15, 0.2) is 60.7 Å². The van der Waals surface area contributed by atoms with Gasteiger partial charge < -0.3 is 0 Å². The van der Waals surface area contributed by atoms with Gasteiger partial charge in [-0.25, -0.2) is 4.79 Å². The molecule has 1 amide bonds. The predicted octanol–water partition coefficient (Wildman–Crippen LogP) is 1.02. The van der Waals surface area contributed by atoms with Crippen LogP contribution in [0, 0.1) is 0 Å². The number of likely N-dealkylation sites (tertiary alicyclic amines) is 1. The lowest BCUT2D eigenvalue weighted by Crippen LogP contribution is -2.58. The van der Waals surface area contributed by atoms with E-state index in [1.165, 1.54) is 15.9 Å². The molecular formula is C21H25N6O+. The maximum Gasteiger partial charge on any atom is 0.332 e. The molecule has 0 bridgehead atoms. The molecule has 2 heterocycles. The van der Waals surface area contributed by atoms with Gasteiger partial charge in [-0.15, -0.1) is 10.2 Å². The molecule has 4 rings (SSSR count). The number of tetrazole rings is 1. The molecule has 0 atom stereocenters. The average molecular weight is 377 g/mol. The molecule has 0 aliphatic carbocycles. The second kappa shape index (κ2) is 8.00. The summed E-state index contributed by atoms with van der Waals surface area (Å²) in [6.45, 7) is 2.90. The highest BCUT2D eigenvalue weighted by Crippen LogP contribution is 2.40. The molecule has 3 N–H and O–H groups in total. The Morgan fingerprint density at radius 1 is 1.00 bits per heavy atom. The molecule has 1 aromatic heterocycles. The SMILES string of the molecule is [NH3+]C(=O)Cn1nnc(C2(c3ccccc3)CCN(Cc3ccccc3)CC2)n1. The van der Waals surface area contributed by atoms with Crippen molar-refractivity contribution in [3.8, 4) is 0 Å². The van der Waals surface area contributed by atoms with E-state index in [1.807, 2.05) is 12.1 Å². The fourth-order valence-corrected chi connectivity index (χ4v) is 3.99. The van der Waals surface area contributed by atoms with Gasteiger partial charge in [0.05, 0.1) is 5.41 Å². The van der Waals surface area contributed by atoms with Crippen LogP contribution in [-0.4, -0.2) is 44.1 Å². The van der Waals surface area contributed by atoms with Crippen molar-refractivity contribution in [2.24, 2.45) is 0 Å². The number of quaternary nitrogens is 1. The van der Waals surface area contributed by atoms with Gasteiger partial charge in [0, 0.05) is 6.54 Å². The zero-order valence-electron chi connectivity index (χ0n) is 15.9. The number of carbonyl (C=O) groups excluding carboxylic acids is 1. The van der Waals surface area contributed by atoms with Gasteiger partial charge in [-0.05, 0) is 42.3 Å². The Balaban J connectivity index is 1.58. The molecule has 2 aromatic carbocycles. The summed E-state index contributed by atoms with van der Waals surface area (Å²) in [5.74, 6) is 0.467. The topological polar surface area (TPSA) is 91.5 Å². The Labute approximate surface area is 164 Å². The first-order valence-electron chi connectivity index (χ1n) is 9.61. The Hall–Kier alpha value is -2.90. The summed E-state index contributed by atoms with van der Waals surface area (Å²) in [7, 11) is 0. The lowest BCUT2D eigenvalue weighted by molar-refractivity contribution is -0.307. The van der Waals surface area contributed by atoms with E-state index >= 15 is 0 Å². The number of hydrogen-bond acceptors (Lipinski definition) is 5. The molecule has 0 spiro atoms. The summed E-state index contributed by atoms with van der Waals surface area (Å²) in [6.07, 6.45) is 1.82. The maximum absolute atomic E-state index is 11.3. The summed E-state index contributed by atoms with van der Waals surface area (Å²) in [6, 6.07) is 21.0.